The van der Waals surface area contributed by atoms with Gasteiger partial charge in [-0.15, -0.1) is 0 Å². The van der Waals surface area contributed by atoms with Gasteiger partial charge in [-0.3, -0.25) is 0 Å². The molecule has 0 radical (unpaired) electrons. The van der Waals surface area contributed by atoms with Crippen LogP contribution in [-0.2, 0) is 0 Å². The monoisotopic (exact) mass is 394 g/mol. The Hall–Kier alpha value is -1.06. The number of ether oxygens (including phenoxy) is 1. The first-order chi connectivity index (χ1) is 9.60. The van der Waals surface area contributed by atoms with Gasteiger partial charge in [0.2, 0.25) is 0 Å². The van der Waals surface area contributed by atoms with E-state index in [0.29, 0.717) is 5.92 Å². The van der Waals surface area contributed by atoms with Gasteiger partial charge in [-0.1, -0.05) is 49.4 Å². The van der Waals surface area contributed by atoms with Gasteiger partial charge in [-0.25, -0.2) is 0 Å². The Bertz CT molecular complexity index is 602. The van der Waals surface area contributed by atoms with Crippen LogP contribution in [0.3, 0.4) is 0 Å². The molecule has 0 N–H and O–H groups in total. The van der Waals surface area contributed by atoms with E-state index in [1.807, 2.05) is 18.2 Å². The first-order valence-electron chi connectivity index (χ1n) is 6.37. The van der Waals surface area contributed by atoms with E-state index >= 15 is 0 Å². The van der Waals surface area contributed by atoms with Crippen LogP contribution in [0.25, 0.3) is 11.1 Å². The first kappa shape index (κ1) is 15.3. The van der Waals surface area contributed by atoms with Gasteiger partial charge in [0.1, 0.15) is 5.75 Å². The Balaban J connectivity index is 2.47. The molecule has 0 aliphatic rings. The van der Waals surface area contributed by atoms with Crippen molar-refractivity contribution in [1.82, 2.24) is 0 Å². The van der Waals surface area contributed by atoms with Gasteiger partial charge < -0.3 is 4.74 Å². The van der Waals surface area contributed by atoms with Crippen LogP contribution in [0.5, 0.6) is 5.75 Å². The van der Waals surface area contributed by atoms with Crippen LogP contribution in [-0.4, -0.2) is 7.11 Å². The van der Waals surface area contributed by atoms with Crippen molar-refractivity contribution in [1.29, 1.82) is 0 Å². The summed E-state index contributed by atoms with van der Waals surface area (Å²) in [5.74, 6) is 1.17. The van der Waals surface area contributed by atoms with E-state index in [1.165, 1.54) is 16.7 Å². The topological polar surface area (TPSA) is 9.23 Å². The van der Waals surface area contributed by atoms with Gasteiger partial charge in [0, 0.05) is 5.92 Å². The SMILES string of the molecule is COc1cc(-c2ccccc2)cc([C@H](C)C=C(Br)Br)c1. The molecule has 0 unspecified atom stereocenters. The van der Waals surface area contributed by atoms with Crippen LogP contribution in [0.15, 0.2) is 58.0 Å². The molecule has 0 fully saturated rings. The molecule has 2 rings (SSSR count). The van der Waals surface area contributed by atoms with Gasteiger partial charge in [-0.2, -0.15) is 0 Å². The third-order valence-corrected chi connectivity index (χ3v) is 3.70. The highest BCUT2D eigenvalue weighted by Gasteiger charge is 2.08. The second-order valence-electron chi connectivity index (χ2n) is 4.61. The zero-order valence-electron chi connectivity index (χ0n) is 11.4. The summed E-state index contributed by atoms with van der Waals surface area (Å²) in [6, 6.07) is 16.7. The molecule has 0 saturated carbocycles. The summed E-state index contributed by atoms with van der Waals surface area (Å²) < 4.78 is 6.39. The molecule has 0 aromatic heterocycles. The second kappa shape index (κ2) is 7.09. The quantitative estimate of drug-likeness (QED) is 0.607. The Morgan fingerprint density at radius 2 is 1.75 bits per heavy atom. The van der Waals surface area contributed by atoms with Crippen molar-refractivity contribution in [3.05, 3.63) is 63.6 Å². The Labute approximate surface area is 136 Å². The lowest BCUT2D eigenvalue weighted by Gasteiger charge is -2.13. The predicted molar refractivity (Wildman–Crippen MR) is 92.8 cm³/mol. The summed E-state index contributed by atoms with van der Waals surface area (Å²) >= 11 is 6.84. The van der Waals surface area contributed by atoms with Crippen molar-refractivity contribution in [3.63, 3.8) is 0 Å². The zero-order chi connectivity index (χ0) is 14.5. The molecule has 2 aromatic carbocycles. The van der Waals surface area contributed by atoms with Crippen LogP contribution in [0.4, 0.5) is 0 Å². The van der Waals surface area contributed by atoms with Gasteiger partial charge >= 0.3 is 0 Å². The summed E-state index contributed by atoms with van der Waals surface area (Å²) in [7, 11) is 1.70. The van der Waals surface area contributed by atoms with E-state index in [0.717, 1.165) is 9.14 Å². The molecule has 1 atom stereocenters. The number of hydrogen-bond donors (Lipinski definition) is 0. The Kier molecular flexibility index (Phi) is 5.44. The number of rotatable bonds is 4. The normalized spacial score (nSPS) is 11.8. The predicted octanol–water partition coefficient (Wildman–Crippen LogP) is 6.10. The second-order valence-corrected chi connectivity index (χ2v) is 7.38. The lowest BCUT2D eigenvalue weighted by molar-refractivity contribution is 0.414. The van der Waals surface area contributed by atoms with Crippen LogP contribution in [0.2, 0.25) is 0 Å². The van der Waals surface area contributed by atoms with Crippen molar-refractivity contribution >= 4 is 31.9 Å². The maximum atomic E-state index is 5.43. The summed E-state index contributed by atoms with van der Waals surface area (Å²) in [5, 5.41) is 0. The fourth-order valence-electron chi connectivity index (χ4n) is 2.09. The van der Waals surface area contributed by atoms with Crippen molar-refractivity contribution in [2.75, 3.05) is 7.11 Å². The van der Waals surface area contributed by atoms with E-state index in [9.17, 15) is 0 Å². The molecule has 0 spiro atoms. The zero-order valence-corrected chi connectivity index (χ0v) is 14.6. The Morgan fingerprint density at radius 1 is 1.05 bits per heavy atom. The molecule has 2 aromatic rings. The largest absolute Gasteiger partial charge is 0.497 e. The standard InChI is InChI=1S/C17H16Br2O/c1-12(8-17(18)19)14-9-15(11-16(10-14)20-2)13-6-4-3-5-7-13/h3-12H,1-2H3/t12-/m1/s1. The molecule has 0 heterocycles. The number of allylic oxidation sites excluding steroid dienone is 1. The molecule has 0 saturated heterocycles. The number of benzene rings is 2. The number of halogens is 2. The molecule has 0 aliphatic heterocycles. The molecular weight excluding hydrogens is 380 g/mol. The summed E-state index contributed by atoms with van der Waals surface area (Å²) in [5.41, 5.74) is 3.59. The van der Waals surface area contributed by atoms with Gasteiger partial charge in [-0.05, 0) is 60.7 Å². The lowest BCUT2D eigenvalue weighted by Crippen LogP contribution is -1.93. The van der Waals surface area contributed by atoms with Crippen LogP contribution in [0, 0.1) is 0 Å². The Morgan fingerprint density at radius 3 is 2.35 bits per heavy atom. The minimum Gasteiger partial charge on any atom is -0.497 e. The average Bonchev–Trinajstić information content (AvgIpc) is 2.47. The fourth-order valence-corrected chi connectivity index (χ4v) is 2.88. The maximum Gasteiger partial charge on any atom is 0.119 e. The number of hydrogen-bond acceptors (Lipinski definition) is 1. The fraction of sp³-hybridized carbons (Fsp3) is 0.176. The van der Waals surface area contributed by atoms with Crippen LogP contribution >= 0.6 is 31.9 Å². The van der Waals surface area contributed by atoms with E-state index in [-0.39, 0.29) is 0 Å². The minimum absolute atomic E-state index is 0.293. The molecule has 0 aliphatic carbocycles. The van der Waals surface area contributed by atoms with Crippen LogP contribution < -0.4 is 4.74 Å². The highest BCUT2D eigenvalue weighted by molar-refractivity contribution is 9.28. The smallest absolute Gasteiger partial charge is 0.119 e. The molecule has 1 nitrogen and oxygen atoms in total. The highest BCUT2D eigenvalue weighted by atomic mass is 79.9. The van der Waals surface area contributed by atoms with E-state index in [1.54, 1.807) is 7.11 Å². The minimum atomic E-state index is 0.293. The van der Waals surface area contributed by atoms with E-state index in [4.69, 9.17) is 4.74 Å². The molecule has 20 heavy (non-hydrogen) atoms. The summed E-state index contributed by atoms with van der Waals surface area (Å²) in [4.78, 5) is 0. The van der Waals surface area contributed by atoms with Crippen molar-refractivity contribution < 1.29 is 4.74 Å². The molecule has 0 bridgehead atoms. The third kappa shape index (κ3) is 3.97. The first-order valence-corrected chi connectivity index (χ1v) is 7.96. The molecule has 3 heteroatoms. The molecule has 0 amide bonds. The van der Waals surface area contributed by atoms with E-state index < -0.39 is 0 Å². The van der Waals surface area contributed by atoms with Gasteiger partial charge in [0.05, 0.1) is 10.5 Å². The van der Waals surface area contributed by atoms with Crippen LogP contribution in [0.1, 0.15) is 18.4 Å². The van der Waals surface area contributed by atoms with Gasteiger partial charge in [0.25, 0.3) is 0 Å². The van der Waals surface area contributed by atoms with Crippen molar-refractivity contribution in [2.24, 2.45) is 0 Å². The molecule has 104 valence electrons. The van der Waals surface area contributed by atoms with E-state index in [2.05, 4.69) is 75.2 Å². The van der Waals surface area contributed by atoms with Gasteiger partial charge in [0.15, 0.2) is 0 Å². The maximum absolute atomic E-state index is 5.43. The highest BCUT2D eigenvalue weighted by Crippen LogP contribution is 2.31. The van der Waals surface area contributed by atoms with Crippen molar-refractivity contribution in [3.8, 4) is 16.9 Å². The lowest BCUT2D eigenvalue weighted by atomic mass is 9.96. The third-order valence-electron chi connectivity index (χ3n) is 3.17. The summed E-state index contributed by atoms with van der Waals surface area (Å²) in [6.07, 6.45) is 2.11. The summed E-state index contributed by atoms with van der Waals surface area (Å²) in [6.45, 7) is 2.16. The average molecular weight is 396 g/mol. The molecular formula is C17H16Br2O. The van der Waals surface area contributed by atoms with Crippen molar-refractivity contribution in [2.45, 2.75) is 12.8 Å². The number of methoxy groups -OCH3 is 1.